The van der Waals surface area contributed by atoms with E-state index in [0.717, 1.165) is 6.07 Å². The highest BCUT2D eigenvalue weighted by atomic mass is 19.1. The molecule has 0 radical (unpaired) electrons. The number of anilines is 1. The zero-order chi connectivity index (χ0) is 9.84. The van der Waals surface area contributed by atoms with E-state index in [2.05, 4.69) is 0 Å². The quantitative estimate of drug-likeness (QED) is 0.773. The van der Waals surface area contributed by atoms with Crippen molar-refractivity contribution in [3.05, 3.63) is 29.8 Å². The van der Waals surface area contributed by atoms with Gasteiger partial charge in [-0.2, -0.15) is 0 Å². The van der Waals surface area contributed by atoms with Crippen LogP contribution >= 0.6 is 0 Å². The first-order chi connectivity index (χ1) is 6.13. The molecule has 1 aromatic carbocycles. The molecule has 1 rings (SSSR count). The topological polar surface area (TPSA) is 23.5 Å². The Kier molecular flexibility index (Phi) is 3.19. The molecule has 0 aliphatic rings. The van der Waals surface area contributed by atoms with Crippen LogP contribution in [-0.2, 0) is 0 Å². The van der Waals surface area contributed by atoms with Crippen molar-refractivity contribution in [2.24, 2.45) is 0 Å². The van der Waals surface area contributed by atoms with Crippen LogP contribution in [0.15, 0.2) is 18.2 Å². The first-order valence-electron chi connectivity index (χ1n) is 3.91. The van der Waals surface area contributed by atoms with Crippen LogP contribution in [0.1, 0.15) is 0 Å². The van der Waals surface area contributed by atoms with Gasteiger partial charge >= 0.3 is 0 Å². The Labute approximate surface area is 75.4 Å². The van der Waals surface area contributed by atoms with E-state index in [1.54, 1.807) is 11.9 Å². The van der Waals surface area contributed by atoms with Gasteiger partial charge in [0.2, 0.25) is 0 Å². The van der Waals surface area contributed by atoms with Crippen molar-refractivity contribution in [2.45, 2.75) is 0 Å². The highest BCUT2D eigenvalue weighted by Crippen LogP contribution is 2.15. The van der Waals surface area contributed by atoms with Crippen molar-refractivity contribution >= 4 is 5.69 Å². The fraction of sp³-hybridized carbons (Fsp3) is 0.333. The van der Waals surface area contributed by atoms with Crippen LogP contribution in [0.2, 0.25) is 0 Å². The molecular weight excluding hydrogens is 176 g/mol. The lowest BCUT2D eigenvalue weighted by atomic mass is 10.3. The number of likely N-dealkylation sites (N-methyl/N-ethyl adjacent to an activating group) is 1. The third kappa shape index (κ3) is 2.66. The third-order valence-electron chi connectivity index (χ3n) is 1.72. The number of hydrogen-bond acceptors (Lipinski definition) is 2. The second-order valence-corrected chi connectivity index (χ2v) is 2.77. The minimum atomic E-state index is -0.611. The second-order valence-electron chi connectivity index (χ2n) is 2.77. The van der Waals surface area contributed by atoms with Gasteiger partial charge in [0, 0.05) is 25.3 Å². The van der Waals surface area contributed by atoms with Crippen molar-refractivity contribution in [2.75, 3.05) is 25.1 Å². The Balaban J connectivity index is 2.87. The van der Waals surface area contributed by atoms with Gasteiger partial charge in [0.15, 0.2) is 0 Å². The summed E-state index contributed by atoms with van der Waals surface area (Å²) in [5.74, 6) is -1.22. The molecule has 0 spiro atoms. The molecule has 0 fully saturated rings. The molecule has 0 heterocycles. The van der Waals surface area contributed by atoms with E-state index in [4.69, 9.17) is 5.11 Å². The smallest absolute Gasteiger partial charge is 0.128 e. The summed E-state index contributed by atoms with van der Waals surface area (Å²) in [6.45, 7) is 0.303. The molecular formula is C9H11F2NO. The zero-order valence-electron chi connectivity index (χ0n) is 7.30. The van der Waals surface area contributed by atoms with Gasteiger partial charge in [-0.1, -0.05) is 0 Å². The van der Waals surface area contributed by atoms with Crippen molar-refractivity contribution in [3.8, 4) is 0 Å². The SMILES string of the molecule is CN(CCO)c1cc(F)cc(F)c1. The number of nitrogens with zero attached hydrogens (tertiary/aromatic N) is 1. The minimum absolute atomic E-state index is 0.0470. The van der Waals surface area contributed by atoms with Gasteiger partial charge < -0.3 is 10.0 Å². The summed E-state index contributed by atoms with van der Waals surface area (Å²) in [5.41, 5.74) is 0.423. The molecule has 1 aromatic rings. The maximum absolute atomic E-state index is 12.7. The predicted molar refractivity (Wildman–Crippen MR) is 46.7 cm³/mol. The van der Waals surface area contributed by atoms with Gasteiger partial charge in [0.05, 0.1) is 6.61 Å². The second kappa shape index (κ2) is 4.18. The van der Waals surface area contributed by atoms with Gasteiger partial charge in [0.25, 0.3) is 0 Å². The molecule has 0 saturated heterocycles. The molecule has 0 saturated carbocycles. The van der Waals surface area contributed by atoms with Crippen LogP contribution in [0.3, 0.4) is 0 Å². The number of rotatable bonds is 3. The highest BCUT2D eigenvalue weighted by Gasteiger charge is 2.04. The van der Waals surface area contributed by atoms with Crippen LogP contribution < -0.4 is 4.90 Å². The van der Waals surface area contributed by atoms with Crippen LogP contribution in [0.5, 0.6) is 0 Å². The minimum Gasteiger partial charge on any atom is -0.395 e. The maximum atomic E-state index is 12.7. The number of hydrogen-bond donors (Lipinski definition) is 1. The van der Waals surface area contributed by atoms with E-state index in [1.807, 2.05) is 0 Å². The predicted octanol–water partition coefficient (Wildman–Crippen LogP) is 1.39. The largest absolute Gasteiger partial charge is 0.395 e. The van der Waals surface area contributed by atoms with Crippen molar-refractivity contribution in [1.29, 1.82) is 0 Å². The molecule has 2 nitrogen and oxygen atoms in total. The summed E-state index contributed by atoms with van der Waals surface area (Å²) in [6, 6.07) is 3.26. The van der Waals surface area contributed by atoms with Crippen molar-refractivity contribution in [1.82, 2.24) is 0 Å². The number of benzene rings is 1. The van der Waals surface area contributed by atoms with Gasteiger partial charge in [-0.15, -0.1) is 0 Å². The monoisotopic (exact) mass is 187 g/mol. The van der Waals surface area contributed by atoms with Gasteiger partial charge in [0.1, 0.15) is 11.6 Å². The molecule has 4 heteroatoms. The lowest BCUT2D eigenvalue weighted by Gasteiger charge is -2.17. The van der Waals surface area contributed by atoms with E-state index in [9.17, 15) is 8.78 Å². The van der Waals surface area contributed by atoms with E-state index in [0.29, 0.717) is 12.2 Å². The molecule has 0 atom stereocenters. The zero-order valence-corrected chi connectivity index (χ0v) is 7.30. The Hall–Kier alpha value is -1.16. The first kappa shape index (κ1) is 9.92. The molecule has 13 heavy (non-hydrogen) atoms. The lowest BCUT2D eigenvalue weighted by Crippen LogP contribution is -2.21. The number of aliphatic hydroxyl groups is 1. The van der Waals surface area contributed by atoms with Crippen LogP contribution in [0.25, 0.3) is 0 Å². The standard InChI is InChI=1S/C9H11F2NO/c1-12(2-3-13)9-5-7(10)4-8(11)6-9/h4-6,13H,2-3H2,1H3. The van der Waals surface area contributed by atoms with E-state index in [1.165, 1.54) is 12.1 Å². The Morgan fingerprint density at radius 1 is 1.23 bits per heavy atom. The summed E-state index contributed by atoms with van der Waals surface area (Å²) in [4.78, 5) is 1.58. The molecule has 0 amide bonds. The molecule has 72 valence electrons. The lowest BCUT2D eigenvalue weighted by molar-refractivity contribution is 0.304. The average molecular weight is 187 g/mol. The fourth-order valence-corrected chi connectivity index (χ4v) is 1.04. The fourth-order valence-electron chi connectivity index (χ4n) is 1.04. The van der Waals surface area contributed by atoms with Crippen LogP contribution in [0, 0.1) is 11.6 Å². The Bertz CT molecular complexity index is 271. The maximum Gasteiger partial charge on any atom is 0.128 e. The summed E-state index contributed by atoms with van der Waals surface area (Å²) in [7, 11) is 1.66. The van der Waals surface area contributed by atoms with Crippen molar-refractivity contribution < 1.29 is 13.9 Å². The van der Waals surface area contributed by atoms with Gasteiger partial charge in [-0.25, -0.2) is 8.78 Å². The van der Waals surface area contributed by atoms with E-state index >= 15 is 0 Å². The summed E-state index contributed by atoms with van der Waals surface area (Å²) in [5, 5.41) is 8.61. The normalized spacial score (nSPS) is 10.2. The van der Waals surface area contributed by atoms with Gasteiger partial charge in [-0.05, 0) is 12.1 Å². The number of aliphatic hydroxyl groups excluding tert-OH is 1. The molecule has 0 bridgehead atoms. The molecule has 0 unspecified atom stereocenters. The van der Waals surface area contributed by atoms with Gasteiger partial charge in [-0.3, -0.25) is 0 Å². The Morgan fingerprint density at radius 2 is 1.77 bits per heavy atom. The first-order valence-corrected chi connectivity index (χ1v) is 3.91. The molecule has 0 aliphatic heterocycles. The molecule has 1 N–H and O–H groups in total. The summed E-state index contributed by atoms with van der Waals surface area (Å²) in [6.07, 6.45) is 0. The summed E-state index contributed by atoms with van der Waals surface area (Å²) < 4.78 is 25.4. The molecule has 0 aliphatic carbocycles. The van der Waals surface area contributed by atoms with Crippen molar-refractivity contribution in [3.63, 3.8) is 0 Å². The number of halogens is 2. The van der Waals surface area contributed by atoms with Crippen LogP contribution in [-0.4, -0.2) is 25.3 Å². The highest BCUT2D eigenvalue weighted by molar-refractivity contribution is 5.45. The third-order valence-corrected chi connectivity index (χ3v) is 1.72. The Morgan fingerprint density at radius 3 is 2.23 bits per heavy atom. The molecule has 0 aromatic heterocycles. The van der Waals surface area contributed by atoms with Crippen LogP contribution in [0.4, 0.5) is 14.5 Å². The summed E-state index contributed by atoms with van der Waals surface area (Å²) >= 11 is 0. The van der Waals surface area contributed by atoms with E-state index in [-0.39, 0.29) is 6.61 Å². The average Bonchev–Trinajstić information content (AvgIpc) is 2.03. The van der Waals surface area contributed by atoms with E-state index < -0.39 is 11.6 Å².